The van der Waals surface area contributed by atoms with Crippen molar-refractivity contribution in [3.8, 4) is 0 Å². The molecule has 9 heteroatoms. The van der Waals surface area contributed by atoms with Gasteiger partial charge >= 0.3 is 0 Å². The molecule has 0 spiro atoms. The Bertz CT molecular complexity index is 6.88. The van der Waals surface area contributed by atoms with Gasteiger partial charge in [-0.3, -0.25) is 0 Å². The average Bonchev–Trinajstić information content (AvgIpc) is 0. The van der Waals surface area contributed by atoms with Crippen LogP contribution in [0, 0.1) is 0 Å². The average molecular weight is 596 g/mol. The van der Waals surface area contributed by atoms with Gasteiger partial charge in [-0.2, -0.15) is 0 Å². The molecular weight excluding hydrogens is 596 g/mol. The Kier molecular flexibility index (Phi) is 1330. The van der Waals surface area contributed by atoms with Gasteiger partial charge in [-0.25, -0.2) is 0 Å². The van der Waals surface area contributed by atoms with Crippen molar-refractivity contribution in [3.05, 3.63) is 0 Å². The molecule has 0 aliphatic carbocycles. The van der Waals surface area contributed by atoms with E-state index in [0.29, 0.717) is 0 Å². The van der Waals surface area contributed by atoms with Crippen molar-refractivity contribution >= 4 is 94.5 Å². The molecule has 0 unspecified atom stereocenters. The Balaban J connectivity index is 0. The third kappa shape index (κ3) is 79.0. The summed E-state index contributed by atoms with van der Waals surface area (Å²) >= 11 is 0. The molecule has 0 aliphatic heterocycles. The van der Waals surface area contributed by atoms with Crippen LogP contribution in [0.1, 0.15) is 0 Å². The molecule has 0 saturated carbocycles. The van der Waals surface area contributed by atoms with Crippen LogP contribution in [-0.2, 0) is 135 Å². The molecule has 0 nitrogen and oxygen atoms in total. The molecule has 0 rings (SSSR count). The Hall–Kier alpha value is 3.77. The largest absolute Gasteiger partial charge is 2.00 e. The molecule has 0 bridgehead atoms. The summed E-state index contributed by atoms with van der Waals surface area (Å²) in [5.74, 6) is 0. The Morgan fingerprint density at radius 3 is 0.222 bits per heavy atom. The third-order valence-electron chi connectivity index (χ3n) is 0. The molecule has 0 aromatic carbocycles. The molecule has 0 fully saturated rings. The summed E-state index contributed by atoms with van der Waals surface area (Å²) in [6, 6.07) is 0. The molecule has 0 aliphatic rings. The Morgan fingerprint density at radius 2 is 0.222 bits per heavy atom. The van der Waals surface area contributed by atoms with Crippen LogP contribution in [0.25, 0.3) is 0 Å². The maximum atomic E-state index is 0. The first-order valence-corrected chi connectivity index (χ1v) is 0. The summed E-state index contributed by atoms with van der Waals surface area (Å²) in [6.45, 7) is 0. The fourth-order valence-corrected chi connectivity index (χ4v) is 0. The van der Waals surface area contributed by atoms with Crippen LogP contribution in [0.15, 0.2) is 0 Å². The second kappa shape index (κ2) is 95.9. The van der Waals surface area contributed by atoms with Crippen LogP contribution in [0.3, 0.4) is 0 Å². The molecule has 2 radical (unpaired) electrons. The van der Waals surface area contributed by atoms with Crippen LogP contribution in [-0.4, -0.2) is 0 Å². The summed E-state index contributed by atoms with van der Waals surface area (Å²) in [6.07, 6.45) is 0. The fraction of sp³-hybridized carbons (Fsp3) is 0. The van der Waals surface area contributed by atoms with Crippen LogP contribution < -0.4 is 0 Å². The first-order valence-electron chi connectivity index (χ1n) is 0. The minimum absolute atomic E-state index is 0. The molecule has 0 aromatic heterocycles. The van der Waals surface area contributed by atoms with E-state index in [1.54, 1.807) is 0 Å². The van der Waals surface area contributed by atoms with Crippen LogP contribution >= 0.6 is 0 Å². The number of rotatable bonds is 0. The maximum Gasteiger partial charge on any atom is 0 e. The predicted molar refractivity (Wildman–Crippen MR) is 51.6 cm³/mol. The van der Waals surface area contributed by atoms with Gasteiger partial charge in [-0.15, -0.1) is 0 Å². The van der Waals surface area contributed by atoms with E-state index in [0.717, 1.165) is 0 Å². The Morgan fingerprint density at radius 1 is 0.222 bits per heavy atom. The summed E-state index contributed by atoms with van der Waals surface area (Å²) in [7, 11) is 0. The predicted octanol–water partition coefficient (Wildman–Crippen LogP) is -0.0218. The van der Waals surface area contributed by atoms with Crippen molar-refractivity contribution < 1.29 is 40.8 Å². The van der Waals surface area contributed by atoms with Crippen LogP contribution in [0.5, 0.6) is 0 Å². The molecule has 0 atom stereocenters. The number of hydrogen-bond donors (Lipinski definition) is 0. The third-order valence-corrected chi connectivity index (χ3v) is 0. The summed E-state index contributed by atoms with van der Waals surface area (Å²) in [4.78, 5) is 0. The van der Waals surface area contributed by atoms with Gasteiger partial charge in [0.25, 0.3) is 0 Å². The SMILES string of the molecule is [186Re].[186Re].[S-2].[S-2].[S-2].[S-2].[S-2].[S-2].[S-2]. The van der Waals surface area contributed by atoms with E-state index in [-0.39, 0.29) is 135 Å². The van der Waals surface area contributed by atoms with Crippen molar-refractivity contribution in [2.45, 2.75) is 0 Å². The van der Waals surface area contributed by atoms with Gasteiger partial charge < -0.3 is 94.5 Å². The normalized spacial score (nSPS) is 0. The van der Waals surface area contributed by atoms with E-state index in [9.17, 15) is 0 Å². The van der Waals surface area contributed by atoms with Crippen molar-refractivity contribution in [2.24, 2.45) is 0 Å². The van der Waals surface area contributed by atoms with Gasteiger partial charge in [0, 0.05) is 40.8 Å². The monoisotopic (exact) mass is 596 g/mol. The minimum Gasteiger partial charge on any atom is -2.00 e. The van der Waals surface area contributed by atoms with Gasteiger partial charge in [0.05, 0.1) is 0 Å². The zero-order valence-corrected chi connectivity index (χ0v) is 14.8. The topological polar surface area (TPSA) is 0 Å². The summed E-state index contributed by atoms with van der Waals surface area (Å²) in [5, 5.41) is 0. The van der Waals surface area contributed by atoms with Crippen molar-refractivity contribution in [1.29, 1.82) is 0 Å². The van der Waals surface area contributed by atoms with Crippen LogP contribution in [0.4, 0.5) is 0 Å². The molecule has 0 aromatic rings. The van der Waals surface area contributed by atoms with E-state index < -0.39 is 0 Å². The first-order chi connectivity index (χ1) is 0. The zero-order chi connectivity index (χ0) is 0. The van der Waals surface area contributed by atoms with Gasteiger partial charge in [0.1, 0.15) is 0 Å². The number of hydrogen-bond acceptors (Lipinski definition) is 0. The first kappa shape index (κ1) is 124. The molecular formula is Re2S7-14. The summed E-state index contributed by atoms with van der Waals surface area (Å²) in [5.41, 5.74) is 0. The van der Waals surface area contributed by atoms with Gasteiger partial charge in [0.2, 0.25) is 0 Å². The molecule has 70 valence electrons. The van der Waals surface area contributed by atoms with Gasteiger partial charge in [-0.1, -0.05) is 0 Å². The van der Waals surface area contributed by atoms with E-state index in [1.807, 2.05) is 0 Å². The molecule has 0 amide bonds. The Labute approximate surface area is 133 Å². The fourth-order valence-electron chi connectivity index (χ4n) is 0. The second-order valence-corrected chi connectivity index (χ2v) is 0. The minimum atomic E-state index is 0. The molecule has 9 heavy (non-hydrogen) atoms. The zero-order valence-electron chi connectivity index (χ0n) is 3.61. The molecule has 0 N–H and O–H groups in total. The second-order valence-electron chi connectivity index (χ2n) is 0. The smallest absolute Gasteiger partial charge is 0 e. The van der Waals surface area contributed by atoms with Crippen molar-refractivity contribution in [1.82, 2.24) is 0 Å². The summed E-state index contributed by atoms with van der Waals surface area (Å²) < 4.78 is 0. The molecule has 0 saturated heterocycles. The van der Waals surface area contributed by atoms with E-state index in [4.69, 9.17) is 0 Å². The van der Waals surface area contributed by atoms with Crippen molar-refractivity contribution in [2.75, 3.05) is 0 Å². The van der Waals surface area contributed by atoms with Gasteiger partial charge in [-0.05, 0) is 0 Å². The van der Waals surface area contributed by atoms with Crippen molar-refractivity contribution in [3.63, 3.8) is 0 Å². The quantitative estimate of drug-likeness (QED) is 0.369. The van der Waals surface area contributed by atoms with Crippen LogP contribution in [0.2, 0.25) is 0 Å². The maximum absolute atomic E-state index is 0. The molecule has 0 heterocycles. The van der Waals surface area contributed by atoms with E-state index in [1.165, 1.54) is 0 Å². The van der Waals surface area contributed by atoms with E-state index >= 15 is 0 Å². The van der Waals surface area contributed by atoms with E-state index in [2.05, 4.69) is 0 Å². The van der Waals surface area contributed by atoms with Gasteiger partial charge in [0.15, 0.2) is 0 Å². The standard InChI is InChI=1S/2Re.7S/q;;7*-2/i2*1+0;;;;;;;.